The van der Waals surface area contributed by atoms with E-state index in [1.165, 1.54) is 37.4 Å². The highest BCUT2D eigenvalue weighted by Gasteiger charge is 2.15. The zero-order valence-corrected chi connectivity index (χ0v) is 17.5. The van der Waals surface area contributed by atoms with Crippen molar-refractivity contribution in [1.29, 1.82) is 0 Å². The molecule has 0 unspecified atom stereocenters. The molecule has 1 saturated heterocycles. The molecule has 0 aromatic heterocycles. The summed E-state index contributed by atoms with van der Waals surface area (Å²) in [6, 6.07) is 15.6. The zero-order chi connectivity index (χ0) is 20.6. The molecule has 0 atom stereocenters. The number of para-hydroxylation sites is 1. The third kappa shape index (κ3) is 6.16. The third-order valence-electron chi connectivity index (χ3n) is 5.42. The molecular formula is C24H31N3O2. The van der Waals surface area contributed by atoms with E-state index in [1.807, 2.05) is 0 Å². The van der Waals surface area contributed by atoms with Crippen LogP contribution in [0.25, 0.3) is 0 Å². The number of amides is 1. The maximum absolute atomic E-state index is 12.3. The first-order valence-corrected chi connectivity index (χ1v) is 10.4. The van der Waals surface area contributed by atoms with Crippen LogP contribution in [-0.2, 0) is 11.3 Å². The largest absolute Gasteiger partial charge is 0.371 e. The summed E-state index contributed by atoms with van der Waals surface area (Å²) in [6.07, 6.45) is 4.28. The number of hydrogen-bond acceptors (Lipinski definition) is 4. The van der Waals surface area contributed by atoms with Crippen molar-refractivity contribution in [3.05, 3.63) is 59.7 Å². The minimum absolute atomic E-state index is 0.0169. The number of nitrogens with zero attached hydrogens (tertiary/aromatic N) is 2. The predicted octanol–water partition coefficient (Wildman–Crippen LogP) is 4.34. The number of anilines is 2. The standard InChI is InChI=1S/C24H31N3O2/c1-19(28)20-10-12-22(13-11-20)25-24(29)14-17-26(2)18-21-8-4-5-9-23(21)27-15-6-3-7-16-27/h4-5,8-13H,3,6-7,14-18H2,1-2H3,(H,25,29). The Balaban J connectivity index is 1.50. The van der Waals surface area contributed by atoms with E-state index in [2.05, 4.69) is 46.4 Å². The molecule has 154 valence electrons. The third-order valence-corrected chi connectivity index (χ3v) is 5.42. The van der Waals surface area contributed by atoms with Gasteiger partial charge in [-0.2, -0.15) is 0 Å². The van der Waals surface area contributed by atoms with Crippen LogP contribution in [0.1, 0.15) is 48.5 Å². The Labute approximate surface area is 173 Å². The van der Waals surface area contributed by atoms with Gasteiger partial charge in [0, 0.05) is 49.5 Å². The summed E-state index contributed by atoms with van der Waals surface area (Å²) < 4.78 is 0. The van der Waals surface area contributed by atoms with Crippen molar-refractivity contribution in [2.45, 2.75) is 39.2 Å². The van der Waals surface area contributed by atoms with E-state index in [0.29, 0.717) is 18.5 Å². The summed E-state index contributed by atoms with van der Waals surface area (Å²) in [4.78, 5) is 28.3. The number of nitrogens with one attached hydrogen (secondary N) is 1. The van der Waals surface area contributed by atoms with Crippen LogP contribution in [0, 0.1) is 0 Å². The van der Waals surface area contributed by atoms with Crippen LogP contribution in [0.5, 0.6) is 0 Å². The van der Waals surface area contributed by atoms with E-state index in [4.69, 9.17) is 0 Å². The van der Waals surface area contributed by atoms with Crippen LogP contribution in [-0.4, -0.2) is 43.3 Å². The fourth-order valence-corrected chi connectivity index (χ4v) is 3.76. The molecule has 29 heavy (non-hydrogen) atoms. The lowest BCUT2D eigenvalue weighted by atomic mass is 10.1. The van der Waals surface area contributed by atoms with Crippen molar-refractivity contribution in [3.63, 3.8) is 0 Å². The summed E-state index contributed by atoms with van der Waals surface area (Å²) in [5, 5.41) is 2.91. The number of hydrogen-bond donors (Lipinski definition) is 1. The molecule has 1 N–H and O–H groups in total. The Morgan fingerprint density at radius 3 is 2.38 bits per heavy atom. The lowest BCUT2D eigenvalue weighted by Gasteiger charge is -2.31. The number of Topliss-reactive ketones (excluding diaryl/α,β-unsaturated/α-hetero) is 1. The van der Waals surface area contributed by atoms with Crippen molar-refractivity contribution in [1.82, 2.24) is 4.90 Å². The van der Waals surface area contributed by atoms with Crippen molar-refractivity contribution in [2.75, 3.05) is 36.9 Å². The summed E-state index contributed by atoms with van der Waals surface area (Å²) >= 11 is 0. The highest BCUT2D eigenvalue weighted by atomic mass is 16.1. The molecule has 3 rings (SSSR count). The predicted molar refractivity (Wildman–Crippen MR) is 119 cm³/mol. The van der Waals surface area contributed by atoms with Crippen LogP contribution in [0.3, 0.4) is 0 Å². The topological polar surface area (TPSA) is 52.7 Å². The van der Waals surface area contributed by atoms with E-state index in [1.54, 1.807) is 24.3 Å². The average molecular weight is 394 g/mol. The van der Waals surface area contributed by atoms with Crippen LogP contribution < -0.4 is 10.2 Å². The Morgan fingerprint density at radius 1 is 1.00 bits per heavy atom. The van der Waals surface area contributed by atoms with Gasteiger partial charge in [0.1, 0.15) is 0 Å². The van der Waals surface area contributed by atoms with Crippen LogP contribution in [0.2, 0.25) is 0 Å². The zero-order valence-electron chi connectivity index (χ0n) is 17.5. The highest BCUT2D eigenvalue weighted by Crippen LogP contribution is 2.25. The Morgan fingerprint density at radius 2 is 1.69 bits per heavy atom. The molecule has 1 aliphatic heterocycles. The van der Waals surface area contributed by atoms with Gasteiger partial charge in [-0.1, -0.05) is 18.2 Å². The van der Waals surface area contributed by atoms with Gasteiger partial charge < -0.3 is 15.1 Å². The van der Waals surface area contributed by atoms with Crippen molar-refractivity contribution < 1.29 is 9.59 Å². The quantitative estimate of drug-likeness (QED) is 0.678. The van der Waals surface area contributed by atoms with E-state index < -0.39 is 0 Å². The molecular weight excluding hydrogens is 362 g/mol. The smallest absolute Gasteiger partial charge is 0.225 e. The Bertz CT molecular complexity index is 826. The molecule has 0 saturated carbocycles. The molecule has 0 radical (unpaired) electrons. The second-order valence-corrected chi connectivity index (χ2v) is 7.85. The molecule has 1 amide bonds. The average Bonchev–Trinajstić information content (AvgIpc) is 2.74. The Kier molecular flexibility index (Phi) is 7.42. The van der Waals surface area contributed by atoms with Crippen LogP contribution >= 0.6 is 0 Å². The second kappa shape index (κ2) is 10.2. The first-order valence-electron chi connectivity index (χ1n) is 10.4. The minimum atomic E-state index is -0.0169. The highest BCUT2D eigenvalue weighted by molar-refractivity contribution is 5.95. The second-order valence-electron chi connectivity index (χ2n) is 7.85. The SMILES string of the molecule is CC(=O)c1ccc(NC(=O)CCN(C)Cc2ccccc2N2CCCCC2)cc1. The van der Waals surface area contributed by atoms with E-state index in [9.17, 15) is 9.59 Å². The van der Waals surface area contributed by atoms with Gasteiger partial charge in [-0.05, 0) is 69.1 Å². The van der Waals surface area contributed by atoms with E-state index in [0.717, 1.165) is 25.3 Å². The molecule has 5 nitrogen and oxygen atoms in total. The first kappa shape index (κ1) is 21.1. The lowest BCUT2D eigenvalue weighted by Crippen LogP contribution is -2.31. The first-order chi connectivity index (χ1) is 14.0. The van der Waals surface area contributed by atoms with Crippen molar-refractivity contribution in [2.24, 2.45) is 0 Å². The summed E-state index contributed by atoms with van der Waals surface area (Å²) in [5.41, 5.74) is 4.01. The molecule has 5 heteroatoms. The number of benzene rings is 2. The van der Waals surface area contributed by atoms with Crippen LogP contribution in [0.4, 0.5) is 11.4 Å². The van der Waals surface area contributed by atoms with Gasteiger partial charge in [0.15, 0.2) is 5.78 Å². The van der Waals surface area contributed by atoms with Gasteiger partial charge >= 0.3 is 0 Å². The van der Waals surface area contributed by atoms with Gasteiger partial charge in [-0.25, -0.2) is 0 Å². The fourth-order valence-electron chi connectivity index (χ4n) is 3.76. The van der Waals surface area contributed by atoms with Gasteiger partial charge in [0.2, 0.25) is 5.91 Å². The van der Waals surface area contributed by atoms with Crippen molar-refractivity contribution >= 4 is 23.1 Å². The van der Waals surface area contributed by atoms with Crippen molar-refractivity contribution in [3.8, 4) is 0 Å². The molecule has 1 aliphatic rings. The number of carbonyl (C=O) groups excluding carboxylic acids is 2. The monoisotopic (exact) mass is 393 g/mol. The Hall–Kier alpha value is -2.66. The fraction of sp³-hybridized carbons (Fsp3) is 0.417. The normalized spacial score (nSPS) is 14.1. The summed E-state index contributed by atoms with van der Waals surface area (Å²) in [5.74, 6) is 0.00563. The van der Waals surface area contributed by atoms with E-state index in [-0.39, 0.29) is 11.7 Å². The molecule has 1 heterocycles. The van der Waals surface area contributed by atoms with Crippen LogP contribution in [0.15, 0.2) is 48.5 Å². The van der Waals surface area contributed by atoms with Gasteiger partial charge in [-0.3, -0.25) is 9.59 Å². The minimum Gasteiger partial charge on any atom is -0.371 e. The molecule has 2 aromatic carbocycles. The lowest BCUT2D eigenvalue weighted by molar-refractivity contribution is -0.116. The number of ketones is 1. The molecule has 2 aromatic rings. The summed E-state index contributed by atoms with van der Waals surface area (Å²) in [7, 11) is 2.06. The molecule has 0 bridgehead atoms. The van der Waals surface area contributed by atoms with E-state index >= 15 is 0 Å². The number of rotatable bonds is 8. The summed E-state index contributed by atoms with van der Waals surface area (Å²) in [6.45, 7) is 5.31. The molecule has 1 fully saturated rings. The molecule has 0 spiro atoms. The number of carbonyl (C=O) groups is 2. The van der Waals surface area contributed by atoms with Gasteiger partial charge in [-0.15, -0.1) is 0 Å². The van der Waals surface area contributed by atoms with Gasteiger partial charge in [0.05, 0.1) is 0 Å². The number of piperidine rings is 1. The maximum Gasteiger partial charge on any atom is 0.225 e. The van der Waals surface area contributed by atoms with Gasteiger partial charge in [0.25, 0.3) is 0 Å². The molecule has 0 aliphatic carbocycles. The maximum atomic E-state index is 12.3.